The molecule has 7 nitrogen and oxygen atoms in total. The van der Waals surface area contributed by atoms with Crippen molar-refractivity contribution in [1.82, 2.24) is 14.9 Å². The van der Waals surface area contributed by atoms with Crippen molar-refractivity contribution in [2.24, 2.45) is 0 Å². The van der Waals surface area contributed by atoms with Crippen LogP contribution in [0.3, 0.4) is 0 Å². The number of nitrogens with zero attached hydrogens (tertiary/aromatic N) is 3. The topological polar surface area (TPSA) is 88.3 Å². The van der Waals surface area contributed by atoms with E-state index < -0.39 is 6.67 Å². The van der Waals surface area contributed by atoms with Crippen molar-refractivity contribution in [2.75, 3.05) is 18.5 Å². The second-order valence-corrected chi connectivity index (χ2v) is 7.01. The van der Waals surface area contributed by atoms with Gasteiger partial charge < -0.3 is 14.6 Å². The molecule has 0 saturated heterocycles. The zero-order chi connectivity index (χ0) is 19.4. The van der Waals surface area contributed by atoms with E-state index in [-0.39, 0.29) is 36.3 Å². The van der Waals surface area contributed by atoms with E-state index in [1.165, 1.54) is 11.2 Å². The first kappa shape index (κ1) is 19.1. The molecule has 0 unspecified atom stereocenters. The third kappa shape index (κ3) is 4.36. The average Bonchev–Trinajstić information content (AvgIpc) is 3.14. The molecule has 142 valence electrons. The number of rotatable bonds is 5. The van der Waals surface area contributed by atoms with Crippen molar-refractivity contribution >= 4 is 28.6 Å². The van der Waals surface area contributed by atoms with Crippen molar-refractivity contribution in [2.45, 2.75) is 26.8 Å². The molecule has 0 aromatic carbocycles. The summed E-state index contributed by atoms with van der Waals surface area (Å²) in [4.78, 5) is 35.5. The van der Waals surface area contributed by atoms with Crippen molar-refractivity contribution in [3.63, 3.8) is 0 Å². The molecule has 1 aliphatic heterocycles. The number of fused-ring (bicyclic) bond motifs is 1. The molecule has 27 heavy (non-hydrogen) atoms. The summed E-state index contributed by atoms with van der Waals surface area (Å²) in [6, 6.07) is 3.16. The minimum absolute atomic E-state index is 0.0391. The number of carbonyl (C=O) groups is 2. The molecule has 1 aliphatic rings. The van der Waals surface area contributed by atoms with Crippen LogP contribution in [0.5, 0.6) is 0 Å². The average molecular weight is 390 g/mol. The minimum atomic E-state index is -0.635. The number of amides is 1. The van der Waals surface area contributed by atoms with Crippen LogP contribution < -0.4 is 5.32 Å². The van der Waals surface area contributed by atoms with Gasteiger partial charge in [-0.2, -0.15) is 0 Å². The quantitative estimate of drug-likeness (QED) is 0.838. The molecule has 0 atom stereocenters. The molecule has 0 saturated carbocycles. The predicted octanol–water partition coefficient (Wildman–Crippen LogP) is 3.30. The third-order valence-corrected chi connectivity index (χ3v) is 5.22. The number of furan rings is 1. The minimum Gasteiger partial charge on any atom is -0.460 e. The summed E-state index contributed by atoms with van der Waals surface area (Å²) >= 11 is 0.883. The number of carbonyl (C=O) groups excluding carboxylic acids is 2. The molecule has 0 bridgehead atoms. The van der Waals surface area contributed by atoms with Crippen LogP contribution >= 0.6 is 11.8 Å². The SMILES string of the molecule is C/C(=C(\CCF)SC(=O)c1ccco1)N1Cc2cnc(C)nc2NCC1=O. The van der Waals surface area contributed by atoms with Gasteiger partial charge in [-0.05, 0) is 37.7 Å². The Morgan fingerprint density at radius 1 is 1.48 bits per heavy atom. The van der Waals surface area contributed by atoms with E-state index in [9.17, 15) is 14.0 Å². The highest BCUT2D eigenvalue weighted by atomic mass is 32.2. The van der Waals surface area contributed by atoms with Gasteiger partial charge in [-0.15, -0.1) is 0 Å². The lowest BCUT2D eigenvalue weighted by Crippen LogP contribution is -2.32. The Bertz CT molecular complexity index is 883. The number of hydrogen-bond acceptors (Lipinski definition) is 7. The first-order chi connectivity index (χ1) is 13.0. The molecule has 1 N–H and O–H groups in total. The highest BCUT2D eigenvalue weighted by molar-refractivity contribution is 8.17. The van der Waals surface area contributed by atoms with Crippen molar-refractivity contribution in [1.29, 1.82) is 0 Å². The Morgan fingerprint density at radius 3 is 3.00 bits per heavy atom. The van der Waals surface area contributed by atoms with Gasteiger partial charge in [0.25, 0.3) is 5.12 Å². The fraction of sp³-hybridized carbons (Fsp3) is 0.333. The second kappa shape index (κ2) is 8.34. The summed E-state index contributed by atoms with van der Waals surface area (Å²) in [6.45, 7) is 3.16. The van der Waals surface area contributed by atoms with Crippen LogP contribution in [-0.4, -0.2) is 39.1 Å². The summed E-state index contributed by atoms with van der Waals surface area (Å²) in [5.74, 6) is 1.21. The lowest BCUT2D eigenvalue weighted by Gasteiger charge is -2.23. The van der Waals surface area contributed by atoms with Gasteiger partial charge in [0.2, 0.25) is 5.91 Å². The van der Waals surface area contributed by atoms with Gasteiger partial charge in [0, 0.05) is 28.8 Å². The van der Waals surface area contributed by atoms with E-state index >= 15 is 0 Å². The predicted molar refractivity (Wildman–Crippen MR) is 99.7 cm³/mol. The van der Waals surface area contributed by atoms with E-state index in [4.69, 9.17) is 4.42 Å². The monoisotopic (exact) mass is 390 g/mol. The Morgan fingerprint density at radius 2 is 2.30 bits per heavy atom. The molecule has 0 spiro atoms. The summed E-state index contributed by atoms with van der Waals surface area (Å²) in [5.41, 5.74) is 1.30. The molecule has 2 aromatic heterocycles. The largest absolute Gasteiger partial charge is 0.460 e. The summed E-state index contributed by atoms with van der Waals surface area (Å²) in [6.07, 6.45) is 3.11. The number of nitrogens with one attached hydrogen (secondary N) is 1. The van der Waals surface area contributed by atoms with E-state index in [1.807, 2.05) is 0 Å². The fourth-order valence-corrected chi connectivity index (χ4v) is 3.56. The molecule has 0 radical (unpaired) electrons. The van der Waals surface area contributed by atoms with E-state index in [2.05, 4.69) is 15.3 Å². The molecular formula is C18H19FN4O3S. The smallest absolute Gasteiger partial charge is 0.259 e. The zero-order valence-corrected chi connectivity index (χ0v) is 15.8. The Hall–Kier alpha value is -2.68. The maximum Gasteiger partial charge on any atom is 0.259 e. The van der Waals surface area contributed by atoms with Crippen molar-refractivity contribution < 1.29 is 18.4 Å². The number of aryl methyl sites for hydroxylation is 1. The van der Waals surface area contributed by atoms with Crippen LogP contribution in [0.1, 0.15) is 35.3 Å². The number of halogens is 1. The summed E-state index contributed by atoms with van der Waals surface area (Å²) < 4.78 is 18.2. The van der Waals surface area contributed by atoms with E-state index in [0.29, 0.717) is 22.2 Å². The van der Waals surface area contributed by atoms with Gasteiger partial charge in [-0.25, -0.2) is 9.97 Å². The van der Waals surface area contributed by atoms with Gasteiger partial charge >= 0.3 is 0 Å². The molecule has 1 amide bonds. The van der Waals surface area contributed by atoms with Crippen LogP contribution in [0.4, 0.5) is 10.2 Å². The van der Waals surface area contributed by atoms with E-state index in [1.54, 1.807) is 32.2 Å². The summed E-state index contributed by atoms with van der Waals surface area (Å²) in [5, 5.41) is 2.68. The number of allylic oxidation sites excluding steroid dienone is 2. The first-order valence-electron chi connectivity index (χ1n) is 8.37. The highest BCUT2D eigenvalue weighted by Crippen LogP contribution is 2.31. The van der Waals surface area contributed by atoms with Gasteiger partial charge in [0.1, 0.15) is 11.6 Å². The molecule has 3 rings (SSSR count). The molecule has 9 heteroatoms. The van der Waals surface area contributed by atoms with Crippen molar-refractivity contribution in [3.8, 4) is 0 Å². The number of hydrogen-bond donors (Lipinski definition) is 1. The van der Waals surface area contributed by atoms with Crippen LogP contribution in [0, 0.1) is 6.92 Å². The standard InChI is InChI=1S/C18H19FN4O3S/c1-11(15(5-6-19)27-18(25)14-4-3-7-26-14)23-10-13-8-20-12(2)22-17(13)21-9-16(23)24/h3-4,7-8H,5-6,9-10H2,1-2H3,(H,20,21,22)/b15-11-. The maximum absolute atomic E-state index is 13.1. The van der Waals surface area contributed by atoms with E-state index in [0.717, 1.165) is 17.3 Å². The normalized spacial score (nSPS) is 14.9. The maximum atomic E-state index is 13.1. The number of alkyl halides is 1. The number of aromatic nitrogens is 2. The fourth-order valence-electron chi connectivity index (χ4n) is 2.68. The molecular weight excluding hydrogens is 371 g/mol. The van der Waals surface area contributed by atoms with Crippen LogP contribution in [0.2, 0.25) is 0 Å². The van der Waals surface area contributed by atoms with Crippen LogP contribution in [0.15, 0.2) is 39.6 Å². The third-order valence-electron chi connectivity index (χ3n) is 4.09. The van der Waals surface area contributed by atoms with Gasteiger partial charge in [-0.1, -0.05) is 0 Å². The second-order valence-electron chi connectivity index (χ2n) is 5.94. The van der Waals surface area contributed by atoms with Gasteiger partial charge in [0.05, 0.1) is 26.0 Å². The van der Waals surface area contributed by atoms with Crippen LogP contribution in [-0.2, 0) is 11.3 Å². The Balaban J connectivity index is 1.90. The lowest BCUT2D eigenvalue weighted by molar-refractivity contribution is -0.127. The molecule has 0 aliphatic carbocycles. The highest BCUT2D eigenvalue weighted by Gasteiger charge is 2.25. The van der Waals surface area contributed by atoms with Gasteiger partial charge in [-0.3, -0.25) is 14.0 Å². The number of anilines is 1. The summed E-state index contributed by atoms with van der Waals surface area (Å²) in [7, 11) is 0. The molecule has 3 heterocycles. The number of thioether (sulfide) groups is 1. The Labute approximate surface area is 160 Å². The first-order valence-corrected chi connectivity index (χ1v) is 9.19. The molecule has 2 aromatic rings. The van der Waals surface area contributed by atoms with Crippen molar-refractivity contribution in [3.05, 3.63) is 52.3 Å². The molecule has 0 fully saturated rings. The lowest BCUT2D eigenvalue weighted by atomic mass is 10.2. The Kier molecular flexibility index (Phi) is 5.90. The van der Waals surface area contributed by atoms with Gasteiger partial charge in [0.15, 0.2) is 5.76 Å². The zero-order valence-electron chi connectivity index (χ0n) is 15.0. The van der Waals surface area contributed by atoms with Crippen LogP contribution in [0.25, 0.3) is 0 Å².